The summed E-state index contributed by atoms with van der Waals surface area (Å²) in [6.07, 6.45) is 4.31. The van der Waals surface area contributed by atoms with Gasteiger partial charge in [-0.25, -0.2) is 9.97 Å². The van der Waals surface area contributed by atoms with Gasteiger partial charge in [-0.1, -0.05) is 18.3 Å². The fraction of sp³-hybridized carbons (Fsp3) is 0.250. The lowest BCUT2D eigenvalue weighted by atomic mass is 10.5. The second kappa shape index (κ2) is 3.57. The van der Waals surface area contributed by atoms with E-state index in [1.165, 1.54) is 11.3 Å². The first-order chi connectivity index (χ1) is 6.40. The maximum absolute atomic E-state index is 4.09. The molecule has 13 heavy (non-hydrogen) atoms. The zero-order valence-corrected chi connectivity index (χ0v) is 7.95. The van der Waals surface area contributed by atoms with Gasteiger partial charge in [-0.05, 0) is 12.5 Å². The number of aryl methyl sites for hydroxylation is 1. The molecule has 0 saturated carbocycles. The Hall–Kier alpha value is -1.36. The van der Waals surface area contributed by atoms with Crippen molar-refractivity contribution in [2.45, 2.75) is 13.3 Å². The largest absolute Gasteiger partial charge is 0.234 e. The molecular formula is C8H8N4S. The lowest BCUT2D eigenvalue weighted by molar-refractivity contribution is 0.979. The molecule has 2 rings (SSSR count). The molecule has 0 bridgehead atoms. The highest BCUT2D eigenvalue weighted by Crippen LogP contribution is 2.18. The van der Waals surface area contributed by atoms with Crippen molar-refractivity contribution < 1.29 is 0 Å². The Labute approximate surface area is 79.7 Å². The van der Waals surface area contributed by atoms with Crippen LogP contribution >= 0.6 is 11.3 Å². The van der Waals surface area contributed by atoms with Gasteiger partial charge in [-0.2, -0.15) is 0 Å². The Balaban J connectivity index is 2.36. The molecule has 0 spiro atoms. The van der Waals surface area contributed by atoms with E-state index >= 15 is 0 Å². The molecule has 66 valence electrons. The molecule has 2 heterocycles. The minimum Gasteiger partial charge on any atom is -0.234 e. The molecule has 0 fully saturated rings. The smallest absolute Gasteiger partial charge is 0.190 e. The molecular weight excluding hydrogens is 184 g/mol. The SMILES string of the molecule is CCc1nnc(-c2ncccn2)s1. The fourth-order valence-corrected chi connectivity index (χ4v) is 1.62. The second-order valence-corrected chi connectivity index (χ2v) is 3.49. The zero-order chi connectivity index (χ0) is 9.10. The molecule has 0 amide bonds. The number of nitrogens with zero attached hydrogens (tertiary/aromatic N) is 4. The Morgan fingerprint density at radius 2 is 2.00 bits per heavy atom. The Kier molecular flexibility index (Phi) is 2.27. The van der Waals surface area contributed by atoms with Crippen LogP contribution in [0.2, 0.25) is 0 Å². The van der Waals surface area contributed by atoms with Crippen LogP contribution in [0.4, 0.5) is 0 Å². The van der Waals surface area contributed by atoms with Crippen LogP contribution in [0.25, 0.3) is 10.8 Å². The summed E-state index contributed by atoms with van der Waals surface area (Å²) in [6.45, 7) is 2.05. The quantitative estimate of drug-likeness (QED) is 0.724. The lowest BCUT2D eigenvalue weighted by Gasteiger charge is -1.89. The third-order valence-electron chi connectivity index (χ3n) is 1.53. The highest BCUT2D eigenvalue weighted by molar-refractivity contribution is 7.14. The van der Waals surface area contributed by atoms with Gasteiger partial charge in [-0.3, -0.25) is 0 Å². The first-order valence-corrected chi connectivity index (χ1v) is 4.81. The van der Waals surface area contributed by atoms with Crippen molar-refractivity contribution in [3.63, 3.8) is 0 Å². The minimum atomic E-state index is 0.653. The van der Waals surface area contributed by atoms with E-state index in [0.29, 0.717) is 5.82 Å². The van der Waals surface area contributed by atoms with Crippen molar-refractivity contribution >= 4 is 11.3 Å². The molecule has 2 aromatic heterocycles. The van der Waals surface area contributed by atoms with Gasteiger partial charge in [0.1, 0.15) is 5.01 Å². The van der Waals surface area contributed by atoms with Crippen LogP contribution in [0.5, 0.6) is 0 Å². The molecule has 0 aliphatic carbocycles. The summed E-state index contributed by atoms with van der Waals surface area (Å²) >= 11 is 1.54. The van der Waals surface area contributed by atoms with Crippen molar-refractivity contribution in [2.75, 3.05) is 0 Å². The summed E-state index contributed by atoms with van der Waals surface area (Å²) in [5, 5.41) is 9.81. The third-order valence-corrected chi connectivity index (χ3v) is 2.59. The summed E-state index contributed by atoms with van der Waals surface area (Å²) in [7, 11) is 0. The van der Waals surface area contributed by atoms with Gasteiger partial charge in [0.05, 0.1) is 0 Å². The summed E-state index contributed by atoms with van der Waals surface area (Å²) in [4.78, 5) is 8.19. The summed E-state index contributed by atoms with van der Waals surface area (Å²) in [5.74, 6) is 0.653. The summed E-state index contributed by atoms with van der Waals surface area (Å²) in [5.41, 5.74) is 0. The van der Waals surface area contributed by atoms with E-state index in [4.69, 9.17) is 0 Å². The van der Waals surface area contributed by atoms with Crippen LogP contribution in [-0.2, 0) is 6.42 Å². The van der Waals surface area contributed by atoms with Gasteiger partial charge < -0.3 is 0 Å². The van der Waals surface area contributed by atoms with E-state index in [1.54, 1.807) is 18.5 Å². The Morgan fingerprint density at radius 3 is 2.62 bits per heavy atom. The van der Waals surface area contributed by atoms with E-state index in [-0.39, 0.29) is 0 Å². The van der Waals surface area contributed by atoms with Crippen LogP contribution in [-0.4, -0.2) is 20.2 Å². The second-order valence-electron chi connectivity index (χ2n) is 2.43. The van der Waals surface area contributed by atoms with E-state index in [9.17, 15) is 0 Å². The van der Waals surface area contributed by atoms with Gasteiger partial charge >= 0.3 is 0 Å². The molecule has 0 N–H and O–H groups in total. The van der Waals surface area contributed by atoms with Gasteiger partial charge in [0.15, 0.2) is 10.8 Å². The monoisotopic (exact) mass is 192 g/mol. The van der Waals surface area contributed by atoms with Gasteiger partial charge in [0, 0.05) is 12.4 Å². The van der Waals surface area contributed by atoms with Crippen molar-refractivity contribution in [1.29, 1.82) is 0 Å². The summed E-state index contributed by atoms with van der Waals surface area (Å²) < 4.78 is 0. The number of aromatic nitrogens is 4. The number of hydrogen-bond donors (Lipinski definition) is 0. The summed E-state index contributed by atoms with van der Waals surface area (Å²) in [6, 6.07) is 1.78. The highest BCUT2D eigenvalue weighted by atomic mass is 32.1. The number of rotatable bonds is 2. The van der Waals surface area contributed by atoms with Crippen molar-refractivity contribution in [1.82, 2.24) is 20.2 Å². The van der Waals surface area contributed by atoms with Crippen molar-refractivity contribution in [2.24, 2.45) is 0 Å². The molecule has 5 heteroatoms. The number of hydrogen-bond acceptors (Lipinski definition) is 5. The molecule has 0 aliphatic heterocycles. The first kappa shape index (κ1) is 8.25. The first-order valence-electron chi connectivity index (χ1n) is 4.00. The average molecular weight is 192 g/mol. The molecule has 4 nitrogen and oxygen atoms in total. The average Bonchev–Trinajstić information content (AvgIpc) is 2.67. The topological polar surface area (TPSA) is 51.6 Å². The normalized spacial score (nSPS) is 10.2. The molecule has 0 radical (unpaired) electrons. The maximum atomic E-state index is 4.09. The highest BCUT2D eigenvalue weighted by Gasteiger charge is 2.06. The molecule has 2 aromatic rings. The van der Waals surface area contributed by atoms with Crippen LogP contribution in [0.15, 0.2) is 18.5 Å². The lowest BCUT2D eigenvalue weighted by Crippen LogP contribution is -1.85. The predicted octanol–water partition coefficient (Wildman–Crippen LogP) is 1.56. The van der Waals surface area contributed by atoms with E-state index in [2.05, 4.69) is 27.1 Å². The Bertz CT molecular complexity index is 384. The standard InChI is InChI=1S/C8H8N4S/c1-2-6-11-12-8(13-6)7-9-4-3-5-10-7/h3-5H,2H2,1H3. The minimum absolute atomic E-state index is 0.653. The fourth-order valence-electron chi connectivity index (χ4n) is 0.896. The molecule has 0 saturated heterocycles. The van der Waals surface area contributed by atoms with E-state index in [0.717, 1.165) is 16.4 Å². The third kappa shape index (κ3) is 1.70. The maximum Gasteiger partial charge on any atom is 0.190 e. The zero-order valence-electron chi connectivity index (χ0n) is 7.14. The van der Waals surface area contributed by atoms with E-state index < -0.39 is 0 Å². The van der Waals surface area contributed by atoms with Crippen molar-refractivity contribution in [3.8, 4) is 10.8 Å². The molecule has 0 aliphatic rings. The molecule has 0 aromatic carbocycles. The van der Waals surface area contributed by atoms with Crippen LogP contribution in [0.1, 0.15) is 11.9 Å². The van der Waals surface area contributed by atoms with Crippen molar-refractivity contribution in [3.05, 3.63) is 23.5 Å². The van der Waals surface area contributed by atoms with Gasteiger partial charge in [0.2, 0.25) is 0 Å². The van der Waals surface area contributed by atoms with Crippen LogP contribution in [0.3, 0.4) is 0 Å². The molecule has 0 atom stereocenters. The predicted molar refractivity (Wildman–Crippen MR) is 50.3 cm³/mol. The van der Waals surface area contributed by atoms with Crippen LogP contribution in [0, 0.1) is 0 Å². The van der Waals surface area contributed by atoms with Gasteiger partial charge in [0.25, 0.3) is 0 Å². The van der Waals surface area contributed by atoms with Gasteiger partial charge in [-0.15, -0.1) is 10.2 Å². The Morgan fingerprint density at radius 1 is 1.23 bits per heavy atom. The van der Waals surface area contributed by atoms with Crippen LogP contribution < -0.4 is 0 Å². The van der Waals surface area contributed by atoms with E-state index in [1.807, 2.05) is 0 Å². The molecule has 0 unspecified atom stereocenters.